The third-order valence-electron chi connectivity index (χ3n) is 3.97. The molecule has 6 nitrogen and oxygen atoms in total. The highest BCUT2D eigenvalue weighted by Crippen LogP contribution is 2.20. The average molecular weight is 324 g/mol. The molecule has 0 aliphatic rings. The van der Waals surface area contributed by atoms with Crippen LogP contribution in [0, 0.1) is 13.8 Å². The molecule has 3 rings (SSSR count). The summed E-state index contributed by atoms with van der Waals surface area (Å²) in [5.41, 5.74) is 4.28. The van der Waals surface area contributed by atoms with Crippen LogP contribution in [-0.4, -0.2) is 27.8 Å². The Kier molecular flexibility index (Phi) is 4.20. The molecule has 1 aromatic carbocycles. The molecular formula is C18H20N4O2. The normalized spacial score (nSPS) is 10.8. The van der Waals surface area contributed by atoms with Crippen molar-refractivity contribution in [1.82, 2.24) is 20.1 Å². The monoisotopic (exact) mass is 324 g/mol. The van der Waals surface area contributed by atoms with Crippen molar-refractivity contribution in [2.75, 3.05) is 7.11 Å². The van der Waals surface area contributed by atoms with Crippen LogP contribution >= 0.6 is 0 Å². The van der Waals surface area contributed by atoms with E-state index >= 15 is 0 Å². The molecule has 0 atom stereocenters. The third-order valence-corrected chi connectivity index (χ3v) is 3.97. The number of aryl methyl sites for hydroxylation is 3. The molecule has 1 amide bonds. The smallest absolute Gasteiger partial charge is 0.255 e. The van der Waals surface area contributed by atoms with Crippen molar-refractivity contribution in [3.05, 3.63) is 53.0 Å². The average Bonchev–Trinajstić information content (AvgIpc) is 2.88. The molecule has 6 heteroatoms. The minimum absolute atomic E-state index is 0.205. The van der Waals surface area contributed by atoms with Crippen LogP contribution in [0.5, 0.6) is 5.75 Å². The van der Waals surface area contributed by atoms with Gasteiger partial charge in [-0.1, -0.05) is 11.6 Å². The van der Waals surface area contributed by atoms with Gasteiger partial charge in [-0.3, -0.25) is 14.5 Å². The van der Waals surface area contributed by atoms with Crippen molar-refractivity contribution in [3.8, 4) is 5.75 Å². The number of nitrogens with zero attached hydrogens (tertiary/aromatic N) is 3. The van der Waals surface area contributed by atoms with Crippen LogP contribution in [0.15, 0.2) is 30.5 Å². The summed E-state index contributed by atoms with van der Waals surface area (Å²) in [4.78, 5) is 16.7. The number of rotatable bonds is 4. The number of hydrogen-bond acceptors (Lipinski definition) is 4. The van der Waals surface area contributed by atoms with Crippen LogP contribution < -0.4 is 10.1 Å². The van der Waals surface area contributed by atoms with Gasteiger partial charge in [-0.25, -0.2) is 0 Å². The van der Waals surface area contributed by atoms with Crippen LogP contribution in [0.25, 0.3) is 10.9 Å². The summed E-state index contributed by atoms with van der Waals surface area (Å²) >= 11 is 0. The molecule has 0 fully saturated rings. The number of carbonyl (C=O) groups is 1. The van der Waals surface area contributed by atoms with Gasteiger partial charge >= 0.3 is 0 Å². The standard InChI is InChI=1S/C18H20N4O2/c1-11-5-6-16-13(7-11)15(21-22(16)3)9-20-18(23)14-8-12(2)19-10-17(14)24-4/h5-8,10H,9H2,1-4H3,(H,20,23). The van der Waals surface area contributed by atoms with Crippen LogP contribution in [-0.2, 0) is 13.6 Å². The van der Waals surface area contributed by atoms with E-state index in [9.17, 15) is 4.79 Å². The first kappa shape index (κ1) is 16.0. The number of methoxy groups -OCH3 is 1. The fourth-order valence-electron chi connectivity index (χ4n) is 2.73. The van der Waals surface area contributed by atoms with Crippen molar-refractivity contribution in [2.24, 2.45) is 7.05 Å². The van der Waals surface area contributed by atoms with E-state index in [1.165, 1.54) is 7.11 Å². The third kappa shape index (κ3) is 2.95. The highest BCUT2D eigenvalue weighted by Gasteiger charge is 2.15. The number of pyridine rings is 1. The minimum atomic E-state index is -0.205. The molecule has 1 N–H and O–H groups in total. The molecule has 124 valence electrons. The minimum Gasteiger partial charge on any atom is -0.494 e. The maximum atomic E-state index is 12.5. The van der Waals surface area contributed by atoms with Crippen molar-refractivity contribution < 1.29 is 9.53 Å². The zero-order valence-corrected chi connectivity index (χ0v) is 14.3. The number of fused-ring (bicyclic) bond motifs is 1. The molecule has 0 spiro atoms. The lowest BCUT2D eigenvalue weighted by Crippen LogP contribution is -2.24. The number of ether oxygens (including phenoxy) is 1. The van der Waals surface area contributed by atoms with Crippen LogP contribution in [0.1, 0.15) is 27.3 Å². The number of aromatic nitrogens is 3. The largest absolute Gasteiger partial charge is 0.494 e. The van der Waals surface area contributed by atoms with Gasteiger partial charge in [0.25, 0.3) is 5.91 Å². The highest BCUT2D eigenvalue weighted by molar-refractivity contribution is 5.97. The molecule has 2 heterocycles. The maximum Gasteiger partial charge on any atom is 0.255 e. The van der Waals surface area contributed by atoms with E-state index in [0.29, 0.717) is 17.9 Å². The first-order chi connectivity index (χ1) is 11.5. The first-order valence-electron chi connectivity index (χ1n) is 7.70. The maximum absolute atomic E-state index is 12.5. The van der Waals surface area contributed by atoms with Gasteiger partial charge in [-0.2, -0.15) is 5.10 Å². The van der Waals surface area contributed by atoms with E-state index in [1.54, 1.807) is 12.3 Å². The van der Waals surface area contributed by atoms with Crippen molar-refractivity contribution in [2.45, 2.75) is 20.4 Å². The summed E-state index contributed by atoms with van der Waals surface area (Å²) in [6.45, 7) is 4.23. The van der Waals surface area contributed by atoms with Crippen LogP contribution in [0.3, 0.4) is 0 Å². The Morgan fingerprint density at radius 2 is 2.08 bits per heavy atom. The van der Waals surface area contributed by atoms with Crippen LogP contribution in [0.2, 0.25) is 0 Å². The van der Waals surface area contributed by atoms with E-state index in [2.05, 4.69) is 27.5 Å². The van der Waals surface area contributed by atoms with Gasteiger partial charge in [-0.05, 0) is 32.0 Å². The number of hydrogen-bond donors (Lipinski definition) is 1. The second-order valence-corrected chi connectivity index (χ2v) is 5.80. The number of nitrogens with one attached hydrogen (secondary N) is 1. The molecule has 0 aliphatic carbocycles. The van der Waals surface area contributed by atoms with E-state index < -0.39 is 0 Å². The highest BCUT2D eigenvalue weighted by atomic mass is 16.5. The molecule has 2 aromatic heterocycles. The fraction of sp³-hybridized carbons (Fsp3) is 0.278. The van der Waals surface area contributed by atoms with Gasteiger partial charge in [0.1, 0.15) is 5.75 Å². The van der Waals surface area contributed by atoms with E-state index in [0.717, 1.165) is 27.9 Å². The molecule has 0 saturated carbocycles. The summed E-state index contributed by atoms with van der Waals surface area (Å²) in [5.74, 6) is 0.253. The topological polar surface area (TPSA) is 69.0 Å². The van der Waals surface area contributed by atoms with Crippen molar-refractivity contribution in [1.29, 1.82) is 0 Å². The van der Waals surface area contributed by atoms with Gasteiger partial charge < -0.3 is 10.1 Å². The van der Waals surface area contributed by atoms with Crippen molar-refractivity contribution >= 4 is 16.8 Å². The predicted octanol–water partition coefficient (Wildman–Crippen LogP) is 2.52. The summed E-state index contributed by atoms with van der Waals surface area (Å²) < 4.78 is 7.05. The number of benzene rings is 1. The Balaban J connectivity index is 1.85. The quantitative estimate of drug-likeness (QED) is 0.801. The summed E-state index contributed by atoms with van der Waals surface area (Å²) in [6.07, 6.45) is 1.56. The molecule has 0 aliphatic heterocycles. The second kappa shape index (κ2) is 6.31. The van der Waals surface area contributed by atoms with E-state index in [4.69, 9.17) is 4.74 Å². The Hall–Kier alpha value is -2.89. The van der Waals surface area contributed by atoms with Gasteiger partial charge in [0.2, 0.25) is 0 Å². The molecule has 0 bridgehead atoms. The summed E-state index contributed by atoms with van der Waals surface area (Å²) in [5, 5.41) is 8.49. The molecule has 0 unspecified atom stereocenters. The van der Waals surface area contributed by atoms with Gasteiger partial charge in [0, 0.05) is 18.1 Å². The second-order valence-electron chi connectivity index (χ2n) is 5.80. The molecule has 3 aromatic rings. The molecule has 0 saturated heterocycles. The first-order valence-corrected chi connectivity index (χ1v) is 7.70. The lowest BCUT2D eigenvalue weighted by Gasteiger charge is -2.09. The number of carbonyl (C=O) groups excluding carboxylic acids is 1. The molecular weight excluding hydrogens is 304 g/mol. The summed E-state index contributed by atoms with van der Waals surface area (Å²) in [7, 11) is 3.43. The van der Waals surface area contributed by atoms with Crippen LogP contribution in [0.4, 0.5) is 0 Å². The molecule has 0 radical (unpaired) electrons. The fourth-order valence-corrected chi connectivity index (χ4v) is 2.73. The lowest BCUT2D eigenvalue weighted by atomic mass is 10.1. The van der Waals surface area contributed by atoms with E-state index in [-0.39, 0.29) is 5.91 Å². The Morgan fingerprint density at radius 1 is 1.29 bits per heavy atom. The Bertz CT molecular complexity index is 915. The van der Waals surface area contributed by atoms with Crippen molar-refractivity contribution in [3.63, 3.8) is 0 Å². The Morgan fingerprint density at radius 3 is 2.83 bits per heavy atom. The number of amides is 1. The van der Waals surface area contributed by atoms with Gasteiger partial charge in [-0.15, -0.1) is 0 Å². The predicted molar refractivity (Wildman–Crippen MR) is 92.1 cm³/mol. The van der Waals surface area contributed by atoms with Gasteiger partial charge in [0.15, 0.2) is 0 Å². The zero-order chi connectivity index (χ0) is 17.3. The SMILES string of the molecule is COc1cnc(C)cc1C(=O)NCc1nn(C)c2ccc(C)cc12. The zero-order valence-electron chi connectivity index (χ0n) is 14.3. The molecule has 24 heavy (non-hydrogen) atoms. The Labute approximate surface area is 140 Å². The summed E-state index contributed by atoms with van der Waals surface area (Å²) in [6, 6.07) is 7.89. The van der Waals surface area contributed by atoms with E-state index in [1.807, 2.05) is 31.6 Å². The lowest BCUT2D eigenvalue weighted by molar-refractivity contribution is 0.0947. The van der Waals surface area contributed by atoms with Gasteiger partial charge in [0.05, 0.1) is 36.6 Å².